The van der Waals surface area contributed by atoms with Crippen molar-refractivity contribution < 1.29 is 18.3 Å². The van der Waals surface area contributed by atoms with Crippen molar-refractivity contribution >= 4 is 11.7 Å². The molecule has 0 radical (unpaired) electrons. The molecule has 4 rings (SSSR count). The number of hydrogen-bond acceptors (Lipinski definition) is 4. The minimum absolute atomic E-state index is 0.0428. The number of nitrogens with one attached hydrogen (secondary N) is 2. The Kier molecular flexibility index (Phi) is 8.09. The minimum Gasteiger partial charge on any atom is -0.372 e. The Labute approximate surface area is 198 Å². The number of anilines is 1. The van der Waals surface area contributed by atoms with E-state index >= 15 is 0 Å². The molecule has 2 aromatic carbocycles. The zero-order valence-corrected chi connectivity index (χ0v) is 19.1. The topological polar surface area (TPSA) is 77.4 Å². The van der Waals surface area contributed by atoms with Crippen LogP contribution in [0.15, 0.2) is 48.5 Å². The monoisotopic (exact) mass is 468 g/mol. The van der Waals surface area contributed by atoms with Gasteiger partial charge in [-0.05, 0) is 80.2 Å². The maximum absolute atomic E-state index is 14.1. The van der Waals surface area contributed by atoms with E-state index < -0.39 is 18.2 Å². The highest BCUT2D eigenvalue weighted by Gasteiger charge is 2.34. The molecule has 0 bridgehead atoms. The number of amides is 2. The summed E-state index contributed by atoms with van der Waals surface area (Å²) in [6, 6.07) is 14.5. The van der Waals surface area contributed by atoms with Crippen molar-refractivity contribution in [3.05, 3.63) is 65.5 Å². The summed E-state index contributed by atoms with van der Waals surface area (Å²) in [4.78, 5) is 14.8. The number of urea groups is 1. The van der Waals surface area contributed by atoms with Crippen LogP contribution >= 0.6 is 0 Å². The average Bonchev–Trinajstić information content (AvgIpc) is 2.84. The lowest BCUT2D eigenvalue weighted by atomic mass is 9.89. The lowest BCUT2D eigenvalue weighted by Gasteiger charge is -2.39. The number of nitriles is 1. The summed E-state index contributed by atoms with van der Waals surface area (Å²) in [6.45, 7) is 2.50. The summed E-state index contributed by atoms with van der Waals surface area (Å²) in [5, 5.41) is 14.5. The molecule has 2 aromatic rings. The summed E-state index contributed by atoms with van der Waals surface area (Å²) in [5.74, 6) is 0.339. The van der Waals surface area contributed by atoms with Crippen molar-refractivity contribution in [3.63, 3.8) is 0 Å². The fourth-order valence-electron chi connectivity index (χ4n) is 4.72. The highest BCUT2D eigenvalue weighted by atomic mass is 19.1. The van der Waals surface area contributed by atoms with Crippen molar-refractivity contribution in [1.29, 1.82) is 5.26 Å². The van der Waals surface area contributed by atoms with Gasteiger partial charge in [0.2, 0.25) is 0 Å². The number of likely N-dealkylation sites (tertiary alicyclic amines) is 1. The largest absolute Gasteiger partial charge is 0.372 e. The molecule has 6 nitrogen and oxygen atoms in total. The van der Waals surface area contributed by atoms with E-state index in [0.717, 1.165) is 37.9 Å². The zero-order chi connectivity index (χ0) is 23.9. The molecule has 0 saturated carbocycles. The lowest BCUT2D eigenvalue weighted by molar-refractivity contribution is -0.0615. The summed E-state index contributed by atoms with van der Waals surface area (Å²) < 4.78 is 33.0. The van der Waals surface area contributed by atoms with E-state index in [-0.39, 0.29) is 24.9 Å². The van der Waals surface area contributed by atoms with E-state index in [1.165, 1.54) is 12.1 Å². The molecule has 2 heterocycles. The Morgan fingerprint density at radius 3 is 2.50 bits per heavy atom. The summed E-state index contributed by atoms with van der Waals surface area (Å²) >= 11 is 0. The predicted molar refractivity (Wildman–Crippen MR) is 126 cm³/mol. The maximum atomic E-state index is 14.1. The molecular formula is C26H30F2N4O2. The standard InChI is InChI=1S/C26H30F2N4O2/c27-21-5-1-18(2-6-21)13-19-9-11-32(12-10-19)16-25-24(14-22(28)17-34-25)31-26(33)30-23-7-3-20(15-29)4-8-23/h1-8,19,22,24-25H,9-14,16-17H2,(H2,30,31,33)/t22-,24-,25-/m1/s1. The van der Waals surface area contributed by atoms with Gasteiger partial charge in [0.15, 0.2) is 0 Å². The van der Waals surface area contributed by atoms with Gasteiger partial charge < -0.3 is 20.3 Å². The lowest BCUT2D eigenvalue weighted by Crippen LogP contribution is -2.55. The van der Waals surface area contributed by atoms with E-state index in [1.807, 2.05) is 18.2 Å². The molecule has 0 unspecified atom stereocenters. The third kappa shape index (κ3) is 6.75. The molecule has 2 amide bonds. The van der Waals surface area contributed by atoms with Gasteiger partial charge in [-0.1, -0.05) is 12.1 Å². The van der Waals surface area contributed by atoms with Crippen LogP contribution < -0.4 is 10.6 Å². The molecule has 2 N–H and O–H groups in total. The normalized spacial score (nSPS) is 23.7. The molecule has 34 heavy (non-hydrogen) atoms. The van der Waals surface area contributed by atoms with Crippen molar-refractivity contribution in [2.24, 2.45) is 5.92 Å². The second-order valence-electron chi connectivity index (χ2n) is 9.17. The Morgan fingerprint density at radius 1 is 1.12 bits per heavy atom. The number of ether oxygens (including phenoxy) is 1. The number of alkyl halides is 1. The van der Waals surface area contributed by atoms with E-state index in [9.17, 15) is 13.6 Å². The molecule has 2 fully saturated rings. The van der Waals surface area contributed by atoms with Gasteiger partial charge >= 0.3 is 6.03 Å². The number of carbonyl (C=O) groups excluding carboxylic acids is 1. The average molecular weight is 469 g/mol. The molecular weight excluding hydrogens is 438 g/mol. The molecule has 0 aliphatic carbocycles. The summed E-state index contributed by atoms with van der Waals surface area (Å²) in [6.07, 6.45) is 1.83. The predicted octanol–water partition coefficient (Wildman–Crippen LogP) is 4.27. The molecule has 8 heteroatoms. The quantitative estimate of drug-likeness (QED) is 0.664. The van der Waals surface area contributed by atoms with Gasteiger partial charge in [0.25, 0.3) is 0 Å². The fourth-order valence-corrected chi connectivity index (χ4v) is 4.72. The summed E-state index contributed by atoms with van der Waals surface area (Å²) in [7, 11) is 0. The first-order valence-electron chi connectivity index (χ1n) is 11.8. The van der Waals surface area contributed by atoms with Crippen LogP contribution in [0.5, 0.6) is 0 Å². The van der Waals surface area contributed by atoms with Gasteiger partial charge in [0, 0.05) is 18.7 Å². The second kappa shape index (κ2) is 11.4. The van der Waals surface area contributed by atoms with E-state index in [4.69, 9.17) is 10.00 Å². The SMILES string of the molecule is N#Cc1ccc(NC(=O)N[C@@H]2C[C@@H](F)CO[C@@H]2CN2CCC(Cc3ccc(F)cc3)CC2)cc1. The Morgan fingerprint density at radius 2 is 1.82 bits per heavy atom. The molecule has 2 aliphatic heterocycles. The van der Waals surface area contributed by atoms with Crippen molar-refractivity contribution in [1.82, 2.24) is 10.2 Å². The van der Waals surface area contributed by atoms with E-state index in [2.05, 4.69) is 15.5 Å². The van der Waals surface area contributed by atoms with Crippen molar-refractivity contribution in [2.45, 2.75) is 44.0 Å². The number of benzene rings is 2. The van der Waals surface area contributed by atoms with Crippen LogP contribution in [0.3, 0.4) is 0 Å². The Balaban J connectivity index is 1.26. The highest BCUT2D eigenvalue weighted by Crippen LogP contribution is 2.24. The highest BCUT2D eigenvalue weighted by molar-refractivity contribution is 5.89. The van der Waals surface area contributed by atoms with Crippen LogP contribution in [-0.4, -0.2) is 55.5 Å². The third-order valence-corrected chi connectivity index (χ3v) is 6.62. The van der Waals surface area contributed by atoms with Gasteiger partial charge in [-0.15, -0.1) is 0 Å². The van der Waals surface area contributed by atoms with Crippen LogP contribution in [-0.2, 0) is 11.2 Å². The first-order valence-corrected chi connectivity index (χ1v) is 11.8. The van der Waals surface area contributed by atoms with Gasteiger partial charge in [-0.25, -0.2) is 13.6 Å². The number of rotatable bonds is 6. The number of nitrogens with zero attached hydrogens (tertiary/aromatic N) is 2. The van der Waals surface area contributed by atoms with Crippen LogP contribution in [0, 0.1) is 23.1 Å². The van der Waals surface area contributed by atoms with Crippen LogP contribution in [0.4, 0.5) is 19.3 Å². The first kappa shape index (κ1) is 24.1. The van der Waals surface area contributed by atoms with Crippen molar-refractivity contribution in [2.75, 3.05) is 31.6 Å². The van der Waals surface area contributed by atoms with Crippen LogP contribution in [0.25, 0.3) is 0 Å². The van der Waals surface area contributed by atoms with Gasteiger partial charge in [-0.3, -0.25) is 0 Å². The second-order valence-corrected chi connectivity index (χ2v) is 9.17. The number of halogens is 2. The minimum atomic E-state index is -1.11. The van der Waals surface area contributed by atoms with Crippen molar-refractivity contribution in [3.8, 4) is 6.07 Å². The fraction of sp³-hybridized carbons (Fsp3) is 0.462. The molecule has 0 aromatic heterocycles. The van der Waals surface area contributed by atoms with Gasteiger partial charge in [0.05, 0.1) is 30.4 Å². The number of piperidine rings is 1. The van der Waals surface area contributed by atoms with Crippen LogP contribution in [0.2, 0.25) is 0 Å². The zero-order valence-electron chi connectivity index (χ0n) is 19.1. The van der Waals surface area contributed by atoms with Crippen LogP contribution in [0.1, 0.15) is 30.4 Å². The Hall–Kier alpha value is -3.02. The van der Waals surface area contributed by atoms with E-state index in [0.29, 0.717) is 23.7 Å². The Bertz CT molecular complexity index is 985. The smallest absolute Gasteiger partial charge is 0.319 e. The molecule has 0 spiro atoms. The van der Waals surface area contributed by atoms with Gasteiger partial charge in [0.1, 0.15) is 12.0 Å². The first-order chi connectivity index (χ1) is 16.5. The molecule has 180 valence electrons. The maximum Gasteiger partial charge on any atom is 0.319 e. The summed E-state index contributed by atoms with van der Waals surface area (Å²) in [5.41, 5.74) is 2.22. The third-order valence-electron chi connectivity index (χ3n) is 6.62. The molecule has 3 atom stereocenters. The molecule has 2 aliphatic rings. The molecule has 2 saturated heterocycles. The number of carbonyl (C=O) groups is 1. The number of hydrogen-bond donors (Lipinski definition) is 2. The van der Waals surface area contributed by atoms with Gasteiger partial charge in [-0.2, -0.15) is 5.26 Å². The van der Waals surface area contributed by atoms with E-state index in [1.54, 1.807) is 24.3 Å².